The lowest BCUT2D eigenvalue weighted by atomic mass is 10.3. The fraction of sp³-hybridized carbons (Fsp3) is 0.545. The predicted molar refractivity (Wildman–Crippen MR) is 58.3 cm³/mol. The maximum atomic E-state index is 10.6. The van der Waals surface area contributed by atoms with E-state index in [0.29, 0.717) is 17.6 Å². The zero-order valence-electron chi connectivity index (χ0n) is 8.44. The van der Waals surface area contributed by atoms with Gasteiger partial charge in [-0.05, 0) is 25.0 Å². The number of hydrogen-bond donors (Lipinski definition) is 1. The molecule has 1 aliphatic carbocycles. The molecule has 1 aliphatic rings. The molecule has 0 amide bonds. The first kappa shape index (κ1) is 10.6. The first-order valence-corrected chi connectivity index (χ1v) is 6.01. The van der Waals surface area contributed by atoms with E-state index in [2.05, 4.69) is 0 Å². The van der Waals surface area contributed by atoms with Crippen molar-refractivity contribution < 1.29 is 14.6 Å². The largest absolute Gasteiger partial charge is 0.477 e. The molecule has 0 bridgehead atoms. The highest BCUT2D eigenvalue weighted by Crippen LogP contribution is 2.24. The molecule has 2 rings (SSSR count). The number of carbonyl (C=O) groups is 1. The Morgan fingerprint density at radius 1 is 1.47 bits per heavy atom. The van der Waals surface area contributed by atoms with Crippen LogP contribution in [0.15, 0.2) is 12.1 Å². The quantitative estimate of drug-likeness (QED) is 0.858. The molecule has 0 saturated heterocycles. The number of ether oxygens (including phenoxy) is 1. The van der Waals surface area contributed by atoms with E-state index in [9.17, 15) is 4.79 Å². The molecule has 1 fully saturated rings. The minimum Gasteiger partial charge on any atom is -0.477 e. The van der Waals surface area contributed by atoms with E-state index in [-0.39, 0.29) is 0 Å². The van der Waals surface area contributed by atoms with E-state index in [0.717, 1.165) is 17.7 Å². The molecule has 82 valence electrons. The van der Waals surface area contributed by atoms with Gasteiger partial charge in [0.1, 0.15) is 4.88 Å². The molecule has 0 spiro atoms. The van der Waals surface area contributed by atoms with Crippen LogP contribution in [0.25, 0.3) is 0 Å². The van der Waals surface area contributed by atoms with Gasteiger partial charge in [-0.2, -0.15) is 0 Å². The Morgan fingerprint density at radius 2 is 2.20 bits per heavy atom. The van der Waals surface area contributed by atoms with Gasteiger partial charge in [-0.1, -0.05) is 12.8 Å². The highest BCUT2D eigenvalue weighted by molar-refractivity contribution is 7.13. The summed E-state index contributed by atoms with van der Waals surface area (Å²) in [7, 11) is 0. The van der Waals surface area contributed by atoms with E-state index in [1.165, 1.54) is 24.2 Å². The van der Waals surface area contributed by atoms with Gasteiger partial charge in [0.2, 0.25) is 0 Å². The zero-order valence-corrected chi connectivity index (χ0v) is 9.26. The molecule has 15 heavy (non-hydrogen) atoms. The summed E-state index contributed by atoms with van der Waals surface area (Å²) in [5.41, 5.74) is 0. The fourth-order valence-corrected chi connectivity index (χ4v) is 2.59. The maximum absolute atomic E-state index is 10.6. The van der Waals surface area contributed by atoms with Crippen molar-refractivity contribution in [3.63, 3.8) is 0 Å². The second kappa shape index (κ2) is 4.77. The molecular weight excluding hydrogens is 212 g/mol. The van der Waals surface area contributed by atoms with Crippen molar-refractivity contribution in [1.82, 2.24) is 0 Å². The molecule has 1 saturated carbocycles. The van der Waals surface area contributed by atoms with Crippen LogP contribution in [0.5, 0.6) is 0 Å². The third kappa shape index (κ3) is 2.79. The molecule has 0 atom stereocenters. The number of carboxylic acid groups (broad SMARTS) is 1. The summed E-state index contributed by atoms with van der Waals surface area (Å²) >= 11 is 1.30. The highest BCUT2D eigenvalue weighted by atomic mass is 32.1. The van der Waals surface area contributed by atoms with Crippen molar-refractivity contribution in [3.05, 3.63) is 21.9 Å². The molecule has 1 aromatic rings. The Balaban J connectivity index is 1.84. The lowest BCUT2D eigenvalue weighted by molar-refractivity contribution is 0.0473. The summed E-state index contributed by atoms with van der Waals surface area (Å²) in [5.74, 6) is -0.855. The molecule has 3 nitrogen and oxygen atoms in total. The molecule has 0 aliphatic heterocycles. The first-order chi connectivity index (χ1) is 7.25. The Kier molecular flexibility index (Phi) is 3.38. The third-order valence-corrected chi connectivity index (χ3v) is 3.68. The van der Waals surface area contributed by atoms with Gasteiger partial charge in [-0.25, -0.2) is 4.79 Å². The van der Waals surface area contributed by atoms with E-state index in [1.807, 2.05) is 6.07 Å². The van der Waals surface area contributed by atoms with Crippen molar-refractivity contribution in [2.75, 3.05) is 0 Å². The van der Waals surface area contributed by atoms with Crippen molar-refractivity contribution in [3.8, 4) is 0 Å². The van der Waals surface area contributed by atoms with Crippen LogP contribution in [-0.2, 0) is 11.3 Å². The van der Waals surface area contributed by atoms with Gasteiger partial charge in [-0.3, -0.25) is 0 Å². The summed E-state index contributed by atoms with van der Waals surface area (Å²) < 4.78 is 5.70. The van der Waals surface area contributed by atoms with Gasteiger partial charge in [0.15, 0.2) is 0 Å². The Labute approximate surface area is 92.7 Å². The standard InChI is InChI=1S/C11H14O3S/c12-11(13)10-6-5-9(15-10)7-14-8-3-1-2-4-8/h5-6,8H,1-4,7H2,(H,12,13). The molecule has 0 radical (unpaired) electrons. The number of hydrogen-bond acceptors (Lipinski definition) is 3. The highest BCUT2D eigenvalue weighted by Gasteiger charge is 2.16. The second-order valence-electron chi connectivity index (χ2n) is 3.79. The molecular formula is C11H14O3S. The number of rotatable bonds is 4. The van der Waals surface area contributed by atoms with Crippen LogP contribution in [0, 0.1) is 0 Å². The van der Waals surface area contributed by atoms with E-state index in [4.69, 9.17) is 9.84 Å². The van der Waals surface area contributed by atoms with E-state index >= 15 is 0 Å². The number of aromatic carboxylic acids is 1. The smallest absolute Gasteiger partial charge is 0.345 e. The van der Waals surface area contributed by atoms with E-state index in [1.54, 1.807) is 6.07 Å². The van der Waals surface area contributed by atoms with Crippen molar-refractivity contribution in [1.29, 1.82) is 0 Å². The number of thiophene rings is 1. The Morgan fingerprint density at radius 3 is 2.80 bits per heavy atom. The molecule has 1 aromatic heterocycles. The van der Waals surface area contributed by atoms with Gasteiger partial charge in [0.25, 0.3) is 0 Å². The maximum Gasteiger partial charge on any atom is 0.345 e. The Hall–Kier alpha value is -0.870. The van der Waals surface area contributed by atoms with Crippen molar-refractivity contribution >= 4 is 17.3 Å². The first-order valence-electron chi connectivity index (χ1n) is 5.19. The summed E-state index contributed by atoms with van der Waals surface area (Å²) in [6, 6.07) is 3.48. The number of carboxylic acids is 1. The lowest BCUT2D eigenvalue weighted by Gasteiger charge is -2.09. The summed E-state index contributed by atoms with van der Waals surface area (Å²) in [6.07, 6.45) is 5.21. The van der Waals surface area contributed by atoms with Gasteiger partial charge >= 0.3 is 5.97 Å². The van der Waals surface area contributed by atoms with Crippen LogP contribution in [-0.4, -0.2) is 17.2 Å². The normalized spacial score (nSPS) is 17.1. The molecule has 1 N–H and O–H groups in total. The topological polar surface area (TPSA) is 46.5 Å². The lowest BCUT2D eigenvalue weighted by Crippen LogP contribution is -2.06. The third-order valence-electron chi connectivity index (χ3n) is 2.64. The minimum atomic E-state index is -0.855. The molecule has 0 aromatic carbocycles. The SMILES string of the molecule is O=C(O)c1ccc(COC2CCCC2)s1. The van der Waals surface area contributed by atoms with Crippen LogP contribution in [0.4, 0.5) is 0 Å². The van der Waals surface area contributed by atoms with Crippen LogP contribution < -0.4 is 0 Å². The predicted octanol–water partition coefficient (Wildman–Crippen LogP) is 2.91. The van der Waals surface area contributed by atoms with Crippen molar-refractivity contribution in [2.24, 2.45) is 0 Å². The monoisotopic (exact) mass is 226 g/mol. The summed E-state index contributed by atoms with van der Waals surface area (Å²) in [6.45, 7) is 0.558. The zero-order chi connectivity index (χ0) is 10.7. The summed E-state index contributed by atoms with van der Waals surface area (Å²) in [5, 5.41) is 8.75. The van der Waals surface area contributed by atoms with Crippen molar-refractivity contribution in [2.45, 2.75) is 38.4 Å². The van der Waals surface area contributed by atoms with E-state index < -0.39 is 5.97 Å². The van der Waals surface area contributed by atoms with Gasteiger partial charge < -0.3 is 9.84 Å². The van der Waals surface area contributed by atoms with Crippen LogP contribution in [0.1, 0.15) is 40.2 Å². The average molecular weight is 226 g/mol. The van der Waals surface area contributed by atoms with Crippen LogP contribution in [0.2, 0.25) is 0 Å². The minimum absolute atomic E-state index is 0.389. The van der Waals surface area contributed by atoms with Crippen LogP contribution in [0.3, 0.4) is 0 Å². The van der Waals surface area contributed by atoms with Gasteiger partial charge in [0.05, 0.1) is 12.7 Å². The fourth-order valence-electron chi connectivity index (χ4n) is 1.83. The Bertz CT molecular complexity index is 339. The molecule has 4 heteroatoms. The van der Waals surface area contributed by atoms with Gasteiger partial charge in [-0.15, -0.1) is 11.3 Å². The van der Waals surface area contributed by atoms with Gasteiger partial charge in [0, 0.05) is 4.88 Å². The molecule has 0 unspecified atom stereocenters. The molecule has 1 heterocycles. The summed E-state index contributed by atoms with van der Waals surface area (Å²) in [4.78, 5) is 12.0. The second-order valence-corrected chi connectivity index (χ2v) is 4.96. The average Bonchev–Trinajstić information content (AvgIpc) is 2.86. The van der Waals surface area contributed by atoms with Crippen LogP contribution >= 0.6 is 11.3 Å².